The number of allylic oxidation sites excluding steroid dienone is 1. The highest BCUT2D eigenvalue weighted by Gasteiger charge is 2.25. The van der Waals surface area contributed by atoms with E-state index in [4.69, 9.17) is 5.11 Å². The van der Waals surface area contributed by atoms with Crippen LogP contribution in [0.4, 0.5) is 0 Å². The molecule has 194 valence electrons. The standard InChI is InChI=1S/C30H29N3O4S/c1-23(18-29-9-2-3-17-32-29)38(36,37)33(22-26-7-4-6-24(19-26)12-15-30(34)35)21-25-10-13-27(14-11-25)28-8-5-16-31-20-28/h2-11,13-14,16-20H,12,15,21-22H2,1H3,(H,34,35). The Kier molecular flexibility index (Phi) is 8.78. The predicted molar refractivity (Wildman–Crippen MR) is 148 cm³/mol. The Labute approximate surface area is 223 Å². The van der Waals surface area contributed by atoms with Crippen LogP contribution in [0.15, 0.2) is 102 Å². The second kappa shape index (κ2) is 12.4. The molecule has 0 aliphatic heterocycles. The monoisotopic (exact) mass is 527 g/mol. The van der Waals surface area contributed by atoms with Crippen LogP contribution in [0.3, 0.4) is 0 Å². The van der Waals surface area contributed by atoms with Crippen molar-refractivity contribution in [3.8, 4) is 11.1 Å². The summed E-state index contributed by atoms with van der Waals surface area (Å²) in [7, 11) is -3.85. The molecule has 0 radical (unpaired) electrons. The molecular weight excluding hydrogens is 498 g/mol. The zero-order chi connectivity index (χ0) is 27.0. The average Bonchev–Trinajstić information content (AvgIpc) is 2.93. The third-order valence-electron chi connectivity index (χ3n) is 6.07. The van der Waals surface area contributed by atoms with Crippen molar-refractivity contribution in [2.75, 3.05) is 0 Å². The van der Waals surface area contributed by atoms with E-state index in [9.17, 15) is 13.2 Å². The number of sulfonamides is 1. The molecule has 4 rings (SSSR count). The maximum atomic E-state index is 13.8. The Hall–Kier alpha value is -4.14. The summed E-state index contributed by atoms with van der Waals surface area (Å²) in [6.07, 6.45) is 7.09. The van der Waals surface area contributed by atoms with Crippen LogP contribution in [-0.4, -0.2) is 33.8 Å². The molecule has 2 aromatic carbocycles. The molecule has 0 aliphatic rings. The maximum Gasteiger partial charge on any atom is 0.303 e. The Balaban J connectivity index is 1.63. The lowest BCUT2D eigenvalue weighted by Gasteiger charge is -2.23. The molecule has 0 atom stereocenters. The zero-order valence-corrected chi connectivity index (χ0v) is 21.9. The SMILES string of the molecule is CC(=Cc1ccccn1)S(=O)(=O)N(Cc1ccc(-c2cccnc2)cc1)Cc1cccc(CCC(=O)O)c1. The van der Waals surface area contributed by atoms with Gasteiger partial charge in [-0.3, -0.25) is 14.8 Å². The Morgan fingerprint density at radius 1 is 0.868 bits per heavy atom. The number of aromatic nitrogens is 2. The first kappa shape index (κ1) is 26.9. The summed E-state index contributed by atoms with van der Waals surface area (Å²) in [4.78, 5) is 19.6. The number of carboxylic acid groups (broad SMARTS) is 1. The van der Waals surface area contributed by atoms with Crippen LogP contribution in [0.5, 0.6) is 0 Å². The molecule has 0 saturated carbocycles. The van der Waals surface area contributed by atoms with Gasteiger partial charge in [0, 0.05) is 38.1 Å². The van der Waals surface area contributed by atoms with E-state index in [-0.39, 0.29) is 24.4 Å². The minimum absolute atomic E-state index is 0.0146. The normalized spacial score (nSPS) is 12.0. The van der Waals surface area contributed by atoms with Gasteiger partial charge >= 0.3 is 5.97 Å². The number of aryl methyl sites for hydroxylation is 1. The number of pyridine rings is 2. The van der Waals surface area contributed by atoms with E-state index < -0.39 is 16.0 Å². The second-order valence-electron chi connectivity index (χ2n) is 8.94. The quantitative estimate of drug-likeness (QED) is 0.274. The fourth-order valence-electron chi connectivity index (χ4n) is 4.05. The number of benzene rings is 2. The summed E-state index contributed by atoms with van der Waals surface area (Å²) in [6, 6.07) is 24.4. The Morgan fingerprint density at radius 2 is 1.63 bits per heavy atom. The molecule has 1 N–H and O–H groups in total. The lowest BCUT2D eigenvalue weighted by molar-refractivity contribution is -0.136. The van der Waals surface area contributed by atoms with Crippen LogP contribution in [0.25, 0.3) is 17.2 Å². The van der Waals surface area contributed by atoms with Crippen molar-refractivity contribution < 1.29 is 18.3 Å². The van der Waals surface area contributed by atoms with E-state index in [0.717, 1.165) is 27.8 Å². The van der Waals surface area contributed by atoms with E-state index in [1.807, 2.05) is 66.7 Å². The predicted octanol–water partition coefficient (Wildman–Crippen LogP) is 5.55. The highest BCUT2D eigenvalue weighted by molar-refractivity contribution is 7.93. The van der Waals surface area contributed by atoms with Crippen molar-refractivity contribution in [3.05, 3.63) is 125 Å². The van der Waals surface area contributed by atoms with Crippen molar-refractivity contribution in [2.24, 2.45) is 0 Å². The summed E-state index contributed by atoms with van der Waals surface area (Å²) in [5.74, 6) is -0.871. The lowest BCUT2D eigenvalue weighted by atomic mass is 10.1. The third kappa shape index (κ3) is 7.21. The fourth-order valence-corrected chi connectivity index (χ4v) is 5.37. The van der Waals surface area contributed by atoms with Gasteiger partial charge in [0.2, 0.25) is 10.0 Å². The van der Waals surface area contributed by atoms with Gasteiger partial charge in [-0.2, -0.15) is 4.31 Å². The van der Waals surface area contributed by atoms with Crippen molar-refractivity contribution in [1.29, 1.82) is 0 Å². The Morgan fingerprint density at radius 3 is 2.32 bits per heavy atom. The van der Waals surface area contributed by atoms with E-state index >= 15 is 0 Å². The Bertz CT molecular complexity index is 1500. The molecule has 0 aliphatic carbocycles. The van der Waals surface area contributed by atoms with Crippen molar-refractivity contribution in [2.45, 2.75) is 32.9 Å². The first-order chi connectivity index (χ1) is 18.3. The molecule has 4 aromatic rings. The fraction of sp³-hybridized carbons (Fsp3) is 0.167. The van der Waals surface area contributed by atoms with Gasteiger partial charge in [0.1, 0.15) is 0 Å². The number of carboxylic acids is 1. The van der Waals surface area contributed by atoms with Crippen LogP contribution < -0.4 is 0 Å². The van der Waals surface area contributed by atoms with E-state index in [1.165, 1.54) is 4.31 Å². The molecular formula is C30H29N3O4S. The molecule has 0 spiro atoms. The van der Waals surface area contributed by atoms with Crippen molar-refractivity contribution >= 4 is 22.1 Å². The van der Waals surface area contributed by atoms with Gasteiger partial charge < -0.3 is 5.11 Å². The van der Waals surface area contributed by atoms with Gasteiger partial charge in [-0.15, -0.1) is 0 Å². The molecule has 8 heteroatoms. The number of aliphatic carboxylic acids is 1. The second-order valence-corrected chi connectivity index (χ2v) is 11.0. The van der Waals surface area contributed by atoms with E-state index in [0.29, 0.717) is 12.1 Å². The summed E-state index contributed by atoms with van der Waals surface area (Å²) in [6.45, 7) is 1.88. The number of hydrogen-bond donors (Lipinski definition) is 1. The summed E-state index contributed by atoms with van der Waals surface area (Å²) in [5, 5.41) is 9.03. The topological polar surface area (TPSA) is 100 Å². The minimum Gasteiger partial charge on any atom is -0.481 e. The molecule has 7 nitrogen and oxygen atoms in total. The number of nitrogens with zero attached hydrogens (tertiary/aromatic N) is 3. The summed E-state index contributed by atoms with van der Waals surface area (Å²) >= 11 is 0. The molecule has 2 heterocycles. The third-order valence-corrected chi connectivity index (χ3v) is 7.94. The smallest absolute Gasteiger partial charge is 0.303 e. The van der Waals surface area contributed by atoms with Crippen molar-refractivity contribution in [3.63, 3.8) is 0 Å². The van der Waals surface area contributed by atoms with Gasteiger partial charge in [-0.1, -0.05) is 60.7 Å². The molecule has 0 bridgehead atoms. The molecule has 2 aromatic heterocycles. The zero-order valence-electron chi connectivity index (χ0n) is 21.1. The average molecular weight is 528 g/mol. The lowest BCUT2D eigenvalue weighted by Crippen LogP contribution is -2.30. The number of rotatable bonds is 11. The summed E-state index contributed by atoms with van der Waals surface area (Å²) in [5.41, 5.74) is 5.02. The number of hydrogen-bond acceptors (Lipinski definition) is 5. The van der Waals surface area contributed by atoms with Crippen LogP contribution in [0.1, 0.15) is 35.7 Å². The highest BCUT2D eigenvalue weighted by Crippen LogP contribution is 2.24. The molecule has 38 heavy (non-hydrogen) atoms. The van der Waals surface area contributed by atoms with Crippen LogP contribution in [0, 0.1) is 0 Å². The first-order valence-electron chi connectivity index (χ1n) is 12.2. The number of carbonyl (C=O) groups is 1. The van der Waals surface area contributed by atoms with Gasteiger partial charge in [0.15, 0.2) is 0 Å². The molecule has 0 fully saturated rings. The molecule has 0 saturated heterocycles. The van der Waals surface area contributed by atoms with E-state index in [2.05, 4.69) is 9.97 Å². The highest BCUT2D eigenvalue weighted by atomic mass is 32.2. The van der Waals surface area contributed by atoms with Gasteiger partial charge in [0.05, 0.1) is 10.6 Å². The minimum atomic E-state index is -3.85. The largest absolute Gasteiger partial charge is 0.481 e. The van der Waals surface area contributed by atoms with Crippen molar-refractivity contribution in [1.82, 2.24) is 14.3 Å². The first-order valence-corrected chi connectivity index (χ1v) is 13.6. The molecule has 0 amide bonds. The summed E-state index contributed by atoms with van der Waals surface area (Å²) < 4.78 is 29.0. The van der Waals surface area contributed by atoms with Gasteiger partial charge in [-0.25, -0.2) is 8.42 Å². The van der Waals surface area contributed by atoms with Crippen LogP contribution in [0.2, 0.25) is 0 Å². The van der Waals surface area contributed by atoms with Gasteiger partial charge in [0.25, 0.3) is 0 Å². The van der Waals surface area contributed by atoms with E-state index in [1.54, 1.807) is 43.7 Å². The van der Waals surface area contributed by atoms with Crippen LogP contribution >= 0.6 is 0 Å². The van der Waals surface area contributed by atoms with Crippen LogP contribution in [-0.2, 0) is 34.3 Å². The maximum absolute atomic E-state index is 13.8. The molecule has 0 unspecified atom stereocenters. The van der Waals surface area contributed by atoms with Gasteiger partial charge in [-0.05, 0) is 65.4 Å².